The molecule has 0 amide bonds. The zero-order chi connectivity index (χ0) is 20.7. The molecule has 0 aliphatic heterocycles. The molecule has 1 fully saturated rings. The molecule has 0 radical (unpaired) electrons. The number of thioether (sulfide) groups is 1. The van der Waals surface area contributed by atoms with Crippen LogP contribution < -0.4 is 5.56 Å². The Morgan fingerprint density at radius 1 is 1.07 bits per heavy atom. The predicted octanol–water partition coefficient (Wildman–Crippen LogP) is 6.08. The first kappa shape index (κ1) is 19.6. The summed E-state index contributed by atoms with van der Waals surface area (Å²) in [5.74, 6) is 0.879. The molecule has 0 unspecified atom stereocenters. The molecule has 2 aliphatic carbocycles. The minimum absolute atomic E-state index is 0.0764. The van der Waals surface area contributed by atoms with Gasteiger partial charge in [0.25, 0.3) is 5.56 Å². The van der Waals surface area contributed by atoms with Crippen molar-refractivity contribution in [2.45, 2.75) is 62.9 Å². The quantitative estimate of drug-likeness (QED) is 0.383. The fourth-order valence-electron chi connectivity index (χ4n) is 5.41. The molecule has 5 rings (SSSR count). The van der Waals surface area contributed by atoms with Gasteiger partial charge in [-0.05, 0) is 55.2 Å². The minimum Gasteiger partial charge on any atom is -0.268 e. The molecule has 3 nitrogen and oxygen atoms in total. The SMILES string of the molecule is CCSc1nc2c(c(=O)n1-c1cccc(C)c1)C1(CCCCC1)Cc1ccccc1-2. The van der Waals surface area contributed by atoms with Crippen molar-refractivity contribution < 1.29 is 0 Å². The van der Waals surface area contributed by atoms with Gasteiger partial charge in [0, 0.05) is 11.0 Å². The average molecular weight is 417 g/mol. The molecule has 1 saturated carbocycles. The van der Waals surface area contributed by atoms with E-state index >= 15 is 0 Å². The number of hydrogen-bond donors (Lipinski definition) is 0. The second kappa shape index (κ2) is 7.73. The Labute approximate surface area is 182 Å². The summed E-state index contributed by atoms with van der Waals surface area (Å²) in [6, 6.07) is 16.8. The van der Waals surface area contributed by atoms with Crippen molar-refractivity contribution in [1.82, 2.24) is 9.55 Å². The maximum Gasteiger partial charge on any atom is 0.263 e. The Morgan fingerprint density at radius 3 is 2.63 bits per heavy atom. The van der Waals surface area contributed by atoms with E-state index in [-0.39, 0.29) is 11.0 Å². The van der Waals surface area contributed by atoms with Gasteiger partial charge >= 0.3 is 0 Å². The van der Waals surface area contributed by atoms with Crippen molar-refractivity contribution in [2.75, 3.05) is 5.75 Å². The zero-order valence-corrected chi connectivity index (χ0v) is 18.6. The number of nitrogens with zero attached hydrogens (tertiary/aromatic N) is 2. The number of hydrogen-bond acceptors (Lipinski definition) is 3. The van der Waals surface area contributed by atoms with Gasteiger partial charge < -0.3 is 0 Å². The van der Waals surface area contributed by atoms with E-state index in [0.717, 1.165) is 58.2 Å². The number of aromatic nitrogens is 2. The van der Waals surface area contributed by atoms with Crippen LogP contribution in [0.4, 0.5) is 0 Å². The largest absolute Gasteiger partial charge is 0.268 e. The molecular formula is C26H28N2OS. The lowest BCUT2D eigenvalue weighted by molar-refractivity contribution is 0.283. The number of benzene rings is 2. The van der Waals surface area contributed by atoms with Gasteiger partial charge in [0.05, 0.1) is 16.9 Å². The lowest BCUT2D eigenvalue weighted by Crippen LogP contribution is -2.42. The summed E-state index contributed by atoms with van der Waals surface area (Å²) in [6.45, 7) is 4.19. The highest BCUT2D eigenvalue weighted by Crippen LogP contribution is 2.48. The average Bonchev–Trinajstić information content (AvgIpc) is 2.74. The molecule has 2 aromatic carbocycles. The van der Waals surface area contributed by atoms with Gasteiger partial charge in [0.15, 0.2) is 5.16 Å². The third-order valence-electron chi connectivity index (χ3n) is 6.73. The Hall–Kier alpha value is -2.33. The van der Waals surface area contributed by atoms with Crippen LogP contribution in [0.15, 0.2) is 58.5 Å². The molecule has 0 N–H and O–H groups in total. The van der Waals surface area contributed by atoms with E-state index in [1.165, 1.54) is 24.8 Å². The van der Waals surface area contributed by atoms with Gasteiger partial charge in [-0.1, -0.05) is 74.3 Å². The van der Waals surface area contributed by atoms with E-state index in [2.05, 4.69) is 50.2 Å². The molecule has 154 valence electrons. The van der Waals surface area contributed by atoms with Gasteiger partial charge in [-0.2, -0.15) is 0 Å². The highest BCUT2D eigenvalue weighted by Gasteiger charge is 2.43. The molecule has 0 bridgehead atoms. The van der Waals surface area contributed by atoms with Crippen LogP contribution in [0, 0.1) is 6.92 Å². The first-order chi connectivity index (χ1) is 14.6. The van der Waals surface area contributed by atoms with Gasteiger partial charge in [0.2, 0.25) is 0 Å². The predicted molar refractivity (Wildman–Crippen MR) is 125 cm³/mol. The van der Waals surface area contributed by atoms with Crippen LogP contribution >= 0.6 is 11.8 Å². The lowest BCUT2D eigenvalue weighted by atomic mass is 9.62. The minimum atomic E-state index is -0.0764. The van der Waals surface area contributed by atoms with Gasteiger partial charge in [-0.3, -0.25) is 9.36 Å². The molecule has 30 heavy (non-hydrogen) atoms. The van der Waals surface area contributed by atoms with E-state index in [0.29, 0.717) is 0 Å². The highest BCUT2D eigenvalue weighted by atomic mass is 32.2. The second-order valence-electron chi connectivity index (χ2n) is 8.71. The fourth-order valence-corrected chi connectivity index (χ4v) is 6.14. The molecule has 2 aliphatic rings. The van der Waals surface area contributed by atoms with Gasteiger partial charge in [-0.15, -0.1) is 0 Å². The summed E-state index contributed by atoms with van der Waals surface area (Å²) in [7, 11) is 0. The number of rotatable bonds is 3. The molecule has 1 heterocycles. The van der Waals surface area contributed by atoms with E-state index in [9.17, 15) is 4.79 Å². The van der Waals surface area contributed by atoms with Crippen molar-refractivity contribution in [1.29, 1.82) is 0 Å². The number of fused-ring (bicyclic) bond motifs is 4. The molecule has 1 spiro atoms. The number of aryl methyl sites for hydroxylation is 1. The van der Waals surface area contributed by atoms with Crippen LogP contribution in [-0.2, 0) is 11.8 Å². The summed E-state index contributed by atoms with van der Waals surface area (Å²) in [5, 5.41) is 0.800. The zero-order valence-electron chi connectivity index (χ0n) is 17.8. The second-order valence-corrected chi connectivity index (χ2v) is 9.94. The normalized spacial score (nSPS) is 16.9. The Balaban J connectivity index is 1.85. The van der Waals surface area contributed by atoms with E-state index < -0.39 is 0 Å². The Morgan fingerprint density at radius 2 is 1.87 bits per heavy atom. The first-order valence-electron chi connectivity index (χ1n) is 11.1. The third kappa shape index (κ3) is 3.13. The molecule has 4 heteroatoms. The summed E-state index contributed by atoms with van der Waals surface area (Å²) in [6.07, 6.45) is 6.77. The van der Waals surface area contributed by atoms with E-state index in [4.69, 9.17) is 4.98 Å². The van der Waals surface area contributed by atoms with Crippen LogP contribution in [0.1, 0.15) is 55.7 Å². The molecule has 0 saturated heterocycles. The van der Waals surface area contributed by atoms with E-state index in [1.54, 1.807) is 11.8 Å². The molecule has 3 aromatic rings. The van der Waals surface area contributed by atoms with Crippen LogP contribution in [0.5, 0.6) is 0 Å². The molecule has 1 aromatic heterocycles. The van der Waals surface area contributed by atoms with Crippen LogP contribution in [0.3, 0.4) is 0 Å². The first-order valence-corrected chi connectivity index (χ1v) is 12.1. The summed E-state index contributed by atoms with van der Waals surface area (Å²) >= 11 is 1.65. The van der Waals surface area contributed by atoms with Crippen molar-refractivity contribution in [3.63, 3.8) is 0 Å². The standard InChI is InChI=1S/C26H28N2OS/c1-3-30-25-27-23-21-13-6-5-11-19(21)17-26(14-7-4-8-15-26)22(23)24(29)28(25)20-12-9-10-18(2)16-20/h5-6,9-13,16H,3-4,7-8,14-15,17H2,1-2H3. The van der Waals surface area contributed by atoms with Crippen molar-refractivity contribution in [2.24, 2.45) is 0 Å². The molecular weight excluding hydrogens is 388 g/mol. The van der Waals surface area contributed by atoms with E-state index in [1.807, 2.05) is 16.7 Å². The lowest BCUT2D eigenvalue weighted by Gasteiger charge is -2.42. The Bertz CT molecular complexity index is 1160. The fraction of sp³-hybridized carbons (Fsp3) is 0.385. The Kier molecular flexibility index (Phi) is 5.06. The topological polar surface area (TPSA) is 34.9 Å². The maximum atomic E-state index is 14.2. The highest BCUT2D eigenvalue weighted by molar-refractivity contribution is 7.99. The van der Waals surface area contributed by atoms with Crippen LogP contribution in [0.25, 0.3) is 16.9 Å². The van der Waals surface area contributed by atoms with Crippen molar-refractivity contribution in [3.8, 4) is 16.9 Å². The van der Waals surface area contributed by atoms with Crippen molar-refractivity contribution in [3.05, 3.63) is 75.6 Å². The van der Waals surface area contributed by atoms with Gasteiger partial charge in [-0.25, -0.2) is 4.98 Å². The smallest absolute Gasteiger partial charge is 0.263 e. The summed E-state index contributed by atoms with van der Waals surface area (Å²) in [5.41, 5.74) is 6.53. The van der Waals surface area contributed by atoms with Crippen LogP contribution in [0.2, 0.25) is 0 Å². The van der Waals surface area contributed by atoms with Crippen LogP contribution in [-0.4, -0.2) is 15.3 Å². The summed E-state index contributed by atoms with van der Waals surface area (Å²) < 4.78 is 1.88. The van der Waals surface area contributed by atoms with Gasteiger partial charge in [0.1, 0.15) is 0 Å². The summed E-state index contributed by atoms with van der Waals surface area (Å²) in [4.78, 5) is 19.4. The maximum absolute atomic E-state index is 14.2. The third-order valence-corrected chi connectivity index (χ3v) is 7.55. The monoisotopic (exact) mass is 416 g/mol. The van der Waals surface area contributed by atoms with Crippen molar-refractivity contribution >= 4 is 11.8 Å². The molecule has 0 atom stereocenters.